The molecule has 1 N–H and O–H groups in total. The van der Waals surface area contributed by atoms with Crippen molar-refractivity contribution in [2.75, 3.05) is 0 Å². The second-order valence-electron chi connectivity index (χ2n) is 4.71. The quantitative estimate of drug-likeness (QED) is 0.839. The van der Waals surface area contributed by atoms with Gasteiger partial charge in [-0.2, -0.15) is 0 Å². The van der Waals surface area contributed by atoms with Gasteiger partial charge < -0.3 is 5.32 Å². The molecule has 2 rings (SSSR count). The monoisotopic (exact) mass is 277 g/mol. The highest BCUT2D eigenvalue weighted by Crippen LogP contribution is 2.21. The normalized spacial score (nSPS) is 14.1. The van der Waals surface area contributed by atoms with E-state index >= 15 is 0 Å². The van der Waals surface area contributed by atoms with Crippen molar-refractivity contribution in [3.8, 4) is 0 Å². The first-order chi connectivity index (χ1) is 9.06. The van der Waals surface area contributed by atoms with Gasteiger partial charge in [0.1, 0.15) is 5.82 Å². The molecule has 0 amide bonds. The van der Waals surface area contributed by atoms with E-state index in [4.69, 9.17) is 11.6 Å². The summed E-state index contributed by atoms with van der Waals surface area (Å²) in [6.45, 7) is 4.17. The molecule has 2 unspecified atom stereocenters. The van der Waals surface area contributed by atoms with Gasteiger partial charge in [-0.3, -0.25) is 0 Å². The van der Waals surface area contributed by atoms with Gasteiger partial charge in [0, 0.05) is 17.1 Å². The average molecular weight is 278 g/mol. The number of nitrogens with one attached hydrogen (secondary N) is 1. The molecule has 0 radical (unpaired) electrons. The Bertz CT molecular complexity index is 472. The van der Waals surface area contributed by atoms with Crippen LogP contribution in [-0.4, -0.2) is 0 Å². The molecule has 2 aromatic rings. The maximum Gasteiger partial charge on any atom is 0.123 e. The minimum Gasteiger partial charge on any atom is -0.304 e. The third kappa shape index (κ3) is 3.79. The lowest BCUT2D eigenvalue weighted by atomic mass is 10.0. The molecule has 2 aromatic carbocycles. The van der Waals surface area contributed by atoms with Crippen LogP contribution in [0.15, 0.2) is 48.5 Å². The zero-order valence-electron chi connectivity index (χ0n) is 11.0. The van der Waals surface area contributed by atoms with Crippen molar-refractivity contribution in [3.63, 3.8) is 0 Å². The van der Waals surface area contributed by atoms with E-state index in [1.807, 2.05) is 36.4 Å². The highest BCUT2D eigenvalue weighted by atomic mass is 35.5. The Morgan fingerprint density at radius 1 is 0.842 bits per heavy atom. The van der Waals surface area contributed by atoms with Crippen LogP contribution in [0.2, 0.25) is 5.02 Å². The van der Waals surface area contributed by atoms with Gasteiger partial charge in [0.05, 0.1) is 0 Å². The number of rotatable bonds is 4. The van der Waals surface area contributed by atoms with Gasteiger partial charge in [-0.05, 0) is 49.2 Å². The molecule has 0 bridgehead atoms. The first kappa shape index (κ1) is 14.0. The van der Waals surface area contributed by atoms with Crippen LogP contribution in [0.4, 0.5) is 4.39 Å². The second kappa shape index (κ2) is 6.18. The summed E-state index contributed by atoms with van der Waals surface area (Å²) in [5, 5.41) is 4.22. The molecule has 19 heavy (non-hydrogen) atoms. The predicted octanol–water partition coefficient (Wildman–Crippen LogP) is 4.89. The second-order valence-corrected chi connectivity index (χ2v) is 5.15. The fraction of sp³-hybridized carbons (Fsp3) is 0.250. The molecule has 0 fully saturated rings. The highest BCUT2D eigenvalue weighted by molar-refractivity contribution is 6.30. The lowest BCUT2D eigenvalue weighted by molar-refractivity contribution is 0.494. The van der Waals surface area contributed by atoms with Gasteiger partial charge in [-0.15, -0.1) is 0 Å². The summed E-state index contributed by atoms with van der Waals surface area (Å²) in [6, 6.07) is 14.7. The van der Waals surface area contributed by atoms with E-state index in [2.05, 4.69) is 19.2 Å². The summed E-state index contributed by atoms with van der Waals surface area (Å²) in [6.07, 6.45) is 0. The summed E-state index contributed by atoms with van der Waals surface area (Å²) < 4.78 is 12.9. The molecule has 2 atom stereocenters. The van der Waals surface area contributed by atoms with Crippen LogP contribution in [-0.2, 0) is 0 Å². The summed E-state index contributed by atoms with van der Waals surface area (Å²) in [5.41, 5.74) is 2.25. The first-order valence-electron chi connectivity index (χ1n) is 6.33. The molecule has 0 saturated carbocycles. The largest absolute Gasteiger partial charge is 0.304 e. The fourth-order valence-electron chi connectivity index (χ4n) is 2.07. The minimum atomic E-state index is -0.207. The van der Waals surface area contributed by atoms with E-state index in [9.17, 15) is 4.39 Å². The number of hydrogen-bond acceptors (Lipinski definition) is 1. The van der Waals surface area contributed by atoms with Gasteiger partial charge >= 0.3 is 0 Å². The van der Waals surface area contributed by atoms with Crippen molar-refractivity contribution in [3.05, 3.63) is 70.5 Å². The van der Waals surface area contributed by atoms with Crippen LogP contribution in [0.25, 0.3) is 0 Å². The Labute approximate surface area is 118 Å². The molecule has 0 spiro atoms. The van der Waals surface area contributed by atoms with Crippen molar-refractivity contribution >= 4 is 11.6 Å². The Kier molecular flexibility index (Phi) is 4.56. The molecule has 0 saturated heterocycles. The van der Waals surface area contributed by atoms with Crippen LogP contribution in [0, 0.1) is 5.82 Å². The third-order valence-corrected chi connectivity index (χ3v) is 3.49. The van der Waals surface area contributed by atoms with E-state index < -0.39 is 0 Å². The summed E-state index contributed by atoms with van der Waals surface area (Å²) in [5.74, 6) is -0.207. The lowest BCUT2D eigenvalue weighted by Gasteiger charge is -2.21. The average Bonchev–Trinajstić information content (AvgIpc) is 2.40. The van der Waals surface area contributed by atoms with Crippen molar-refractivity contribution in [1.82, 2.24) is 5.32 Å². The molecule has 0 aromatic heterocycles. The summed E-state index contributed by atoms with van der Waals surface area (Å²) in [7, 11) is 0. The van der Waals surface area contributed by atoms with Crippen LogP contribution in [0.1, 0.15) is 37.1 Å². The first-order valence-corrected chi connectivity index (χ1v) is 6.71. The van der Waals surface area contributed by atoms with E-state index in [0.717, 1.165) is 10.6 Å². The fourth-order valence-corrected chi connectivity index (χ4v) is 2.20. The summed E-state index contributed by atoms with van der Waals surface area (Å²) in [4.78, 5) is 0. The Morgan fingerprint density at radius 2 is 1.26 bits per heavy atom. The zero-order valence-corrected chi connectivity index (χ0v) is 11.8. The van der Waals surface area contributed by atoms with Crippen LogP contribution < -0.4 is 5.32 Å². The number of benzene rings is 2. The van der Waals surface area contributed by atoms with Gasteiger partial charge in [0.2, 0.25) is 0 Å². The molecule has 0 aliphatic rings. The Morgan fingerprint density at radius 3 is 1.74 bits per heavy atom. The van der Waals surface area contributed by atoms with Crippen molar-refractivity contribution in [2.24, 2.45) is 0 Å². The van der Waals surface area contributed by atoms with E-state index in [1.54, 1.807) is 0 Å². The van der Waals surface area contributed by atoms with Gasteiger partial charge in [0.15, 0.2) is 0 Å². The summed E-state index contributed by atoms with van der Waals surface area (Å²) >= 11 is 5.88. The van der Waals surface area contributed by atoms with E-state index in [1.165, 1.54) is 17.7 Å². The molecule has 100 valence electrons. The van der Waals surface area contributed by atoms with Crippen LogP contribution >= 0.6 is 11.6 Å². The predicted molar refractivity (Wildman–Crippen MR) is 77.8 cm³/mol. The Hall–Kier alpha value is -1.38. The standard InChI is InChI=1S/C16H17ClFN/c1-11(13-3-7-15(17)8-4-13)19-12(2)14-5-9-16(18)10-6-14/h3-12,19H,1-2H3. The van der Waals surface area contributed by atoms with Crippen molar-refractivity contribution in [2.45, 2.75) is 25.9 Å². The number of halogens is 2. The minimum absolute atomic E-state index is 0.159. The van der Waals surface area contributed by atoms with Gasteiger partial charge in [-0.25, -0.2) is 4.39 Å². The van der Waals surface area contributed by atoms with Crippen LogP contribution in [0.3, 0.4) is 0 Å². The zero-order chi connectivity index (χ0) is 13.8. The van der Waals surface area contributed by atoms with Gasteiger partial charge in [-0.1, -0.05) is 35.9 Å². The van der Waals surface area contributed by atoms with Crippen LogP contribution in [0.5, 0.6) is 0 Å². The molecule has 3 heteroatoms. The Balaban J connectivity index is 2.03. The maximum atomic E-state index is 12.9. The molecule has 1 nitrogen and oxygen atoms in total. The molecular formula is C16H17ClFN. The molecular weight excluding hydrogens is 261 g/mol. The molecule has 0 aliphatic carbocycles. The van der Waals surface area contributed by atoms with E-state index in [-0.39, 0.29) is 17.9 Å². The molecule has 0 aliphatic heterocycles. The topological polar surface area (TPSA) is 12.0 Å². The SMILES string of the molecule is CC(NC(C)c1ccc(Cl)cc1)c1ccc(F)cc1. The van der Waals surface area contributed by atoms with Crippen molar-refractivity contribution in [1.29, 1.82) is 0 Å². The van der Waals surface area contributed by atoms with Gasteiger partial charge in [0.25, 0.3) is 0 Å². The highest BCUT2D eigenvalue weighted by Gasteiger charge is 2.11. The van der Waals surface area contributed by atoms with E-state index in [0.29, 0.717) is 0 Å². The lowest BCUT2D eigenvalue weighted by Crippen LogP contribution is -2.22. The third-order valence-electron chi connectivity index (χ3n) is 3.24. The number of hydrogen-bond donors (Lipinski definition) is 1. The van der Waals surface area contributed by atoms with Crippen molar-refractivity contribution < 1.29 is 4.39 Å². The molecule has 0 heterocycles. The maximum absolute atomic E-state index is 12.9. The smallest absolute Gasteiger partial charge is 0.123 e.